The SMILES string of the molecule is CNC(c1ccc(C(C)C)cc1)C1CCC(C)C(C)C1. The van der Waals surface area contributed by atoms with Crippen LogP contribution >= 0.6 is 0 Å². The van der Waals surface area contributed by atoms with Crippen LogP contribution in [0.4, 0.5) is 0 Å². The van der Waals surface area contributed by atoms with E-state index in [0.717, 1.165) is 17.8 Å². The van der Waals surface area contributed by atoms with Crippen molar-refractivity contribution < 1.29 is 0 Å². The Morgan fingerprint density at radius 2 is 1.55 bits per heavy atom. The topological polar surface area (TPSA) is 12.0 Å². The fourth-order valence-electron chi connectivity index (χ4n) is 3.65. The summed E-state index contributed by atoms with van der Waals surface area (Å²) in [5.74, 6) is 3.16. The Labute approximate surface area is 125 Å². The largest absolute Gasteiger partial charge is 0.313 e. The molecule has 1 N–H and O–H groups in total. The van der Waals surface area contributed by atoms with E-state index in [2.05, 4.69) is 64.3 Å². The molecule has 1 saturated carbocycles. The molecule has 1 fully saturated rings. The summed E-state index contributed by atoms with van der Waals surface area (Å²) in [4.78, 5) is 0. The summed E-state index contributed by atoms with van der Waals surface area (Å²) in [6, 6.07) is 9.79. The van der Waals surface area contributed by atoms with Crippen molar-refractivity contribution in [2.75, 3.05) is 7.05 Å². The molecule has 0 saturated heterocycles. The Kier molecular flexibility index (Phi) is 5.26. The average molecular weight is 273 g/mol. The molecule has 1 heteroatoms. The zero-order chi connectivity index (χ0) is 14.7. The van der Waals surface area contributed by atoms with Gasteiger partial charge in [-0.05, 0) is 54.7 Å². The van der Waals surface area contributed by atoms with Gasteiger partial charge in [0.2, 0.25) is 0 Å². The number of benzene rings is 1. The van der Waals surface area contributed by atoms with Gasteiger partial charge in [0.15, 0.2) is 0 Å². The summed E-state index contributed by atoms with van der Waals surface area (Å²) in [7, 11) is 2.11. The molecule has 1 nitrogen and oxygen atoms in total. The number of rotatable bonds is 4. The summed E-state index contributed by atoms with van der Waals surface area (Å²) < 4.78 is 0. The highest BCUT2D eigenvalue weighted by molar-refractivity contribution is 5.27. The van der Waals surface area contributed by atoms with Crippen LogP contribution in [0, 0.1) is 17.8 Å². The smallest absolute Gasteiger partial charge is 0.0346 e. The highest BCUT2D eigenvalue weighted by Gasteiger charge is 2.30. The van der Waals surface area contributed by atoms with Crippen LogP contribution in [0.5, 0.6) is 0 Å². The lowest BCUT2D eigenvalue weighted by Gasteiger charge is -2.37. The van der Waals surface area contributed by atoms with Crippen LogP contribution in [0.1, 0.15) is 70.0 Å². The molecule has 0 spiro atoms. The van der Waals surface area contributed by atoms with Gasteiger partial charge in [-0.15, -0.1) is 0 Å². The van der Waals surface area contributed by atoms with Crippen LogP contribution in [0.3, 0.4) is 0 Å². The molecule has 4 unspecified atom stereocenters. The zero-order valence-electron chi connectivity index (χ0n) is 13.8. The average Bonchev–Trinajstić information content (AvgIpc) is 2.44. The van der Waals surface area contributed by atoms with E-state index in [0.29, 0.717) is 12.0 Å². The maximum atomic E-state index is 3.57. The number of hydrogen-bond acceptors (Lipinski definition) is 1. The minimum atomic E-state index is 0.520. The minimum absolute atomic E-state index is 0.520. The number of nitrogens with one attached hydrogen (secondary N) is 1. The molecule has 1 aromatic carbocycles. The van der Waals surface area contributed by atoms with Gasteiger partial charge in [-0.2, -0.15) is 0 Å². The fourth-order valence-corrected chi connectivity index (χ4v) is 3.65. The highest BCUT2D eigenvalue weighted by atomic mass is 14.9. The summed E-state index contributed by atoms with van der Waals surface area (Å²) in [5.41, 5.74) is 2.90. The van der Waals surface area contributed by atoms with Crippen molar-refractivity contribution >= 4 is 0 Å². The van der Waals surface area contributed by atoms with Gasteiger partial charge >= 0.3 is 0 Å². The third-order valence-corrected chi connectivity index (χ3v) is 5.38. The van der Waals surface area contributed by atoms with Gasteiger partial charge in [-0.1, -0.05) is 58.4 Å². The second-order valence-electron chi connectivity index (χ2n) is 7.12. The van der Waals surface area contributed by atoms with Gasteiger partial charge in [-0.25, -0.2) is 0 Å². The Bertz CT molecular complexity index is 406. The van der Waals surface area contributed by atoms with E-state index in [1.807, 2.05) is 0 Å². The Hall–Kier alpha value is -0.820. The molecule has 0 bridgehead atoms. The predicted octanol–water partition coefficient (Wildman–Crippen LogP) is 5.14. The van der Waals surface area contributed by atoms with Gasteiger partial charge in [0.25, 0.3) is 0 Å². The van der Waals surface area contributed by atoms with E-state index in [1.165, 1.54) is 30.4 Å². The molecule has 0 radical (unpaired) electrons. The van der Waals surface area contributed by atoms with Crippen LogP contribution in [0.2, 0.25) is 0 Å². The molecule has 1 aliphatic carbocycles. The summed E-state index contributed by atoms with van der Waals surface area (Å²) in [6.45, 7) is 9.35. The predicted molar refractivity (Wildman–Crippen MR) is 88.0 cm³/mol. The molecule has 0 amide bonds. The first kappa shape index (κ1) is 15.6. The summed E-state index contributed by atoms with van der Waals surface area (Å²) in [5, 5.41) is 3.57. The molecular weight excluding hydrogens is 242 g/mol. The molecule has 0 heterocycles. The lowest BCUT2D eigenvalue weighted by Crippen LogP contribution is -2.31. The quantitative estimate of drug-likeness (QED) is 0.800. The van der Waals surface area contributed by atoms with Gasteiger partial charge in [0.1, 0.15) is 0 Å². The molecule has 2 rings (SSSR count). The van der Waals surface area contributed by atoms with Gasteiger partial charge in [0, 0.05) is 6.04 Å². The second-order valence-corrected chi connectivity index (χ2v) is 7.12. The molecule has 0 aromatic heterocycles. The first-order chi connectivity index (χ1) is 9.52. The van der Waals surface area contributed by atoms with Gasteiger partial charge in [-0.3, -0.25) is 0 Å². The van der Waals surface area contributed by atoms with E-state index < -0.39 is 0 Å². The first-order valence-corrected chi connectivity index (χ1v) is 8.30. The van der Waals surface area contributed by atoms with Gasteiger partial charge < -0.3 is 5.32 Å². The van der Waals surface area contributed by atoms with E-state index in [-0.39, 0.29) is 0 Å². The third-order valence-electron chi connectivity index (χ3n) is 5.38. The standard InChI is InChI=1S/C19H31N/c1-13(2)16-8-10-17(11-9-16)19(20-5)18-7-6-14(3)15(4)12-18/h8-11,13-15,18-20H,6-7,12H2,1-5H3. The Morgan fingerprint density at radius 3 is 2.05 bits per heavy atom. The van der Waals surface area contributed by atoms with Crippen molar-refractivity contribution in [3.8, 4) is 0 Å². The van der Waals surface area contributed by atoms with Crippen molar-refractivity contribution in [2.45, 2.75) is 58.9 Å². The van der Waals surface area contributed by atoms with Crippen LogP contribution in [-0.4, -0.2) is 7.05 Å². The summed E-state index contributed by atoms with van der Waals surface area (Å²) in [6.07, 6.45) is 4.11. The maximum Gasteiger partial charge on any atom is 0.0346 e. The van der Waals surface area contributed by atoms with Crippen molar-refractivity contribution in [2.24, 2.45) is 17.8 Å². The van der Waals surface area contributed by atoms with Crippen LogP contribution < -0.4 is 5.32 Å². The zero-order valence-corrected chi connectivity index (χ0v) is 13.8. The lowest BCUT2D eigenvalue weighted by molar-refractivity contribution is 0.174. The fraction of sp³-hybridized carbons (Fsp3) is 0.684. The molecule has 0 aliphatic heterocycles. The monoisotopic (exact) mass is 273 g/mol. The van der Waals surface area contributed by atoms with Crippen molar-refractivity contribution in [3.05, 3.63) is 35.4 Å². The lowest BCUT2D eigenvalue weighted by atomic mass is 9.72. The normalized spacial score (nSPS) is 28.6. The van der Waals surface area contributed by atoms with Crippen molar-refractivity contribution in [3.63, 3.8) is 0 Å². The Morgan fingerprint density at radius 1 is 0.950 bits per heavy atom. The maximum absolute atomic E-state index is 3.57. The van der Waals surface area contributed by atoms with E-state index in [4.69, 9.17) is 0 Å². The van der Waals surface area contributed by atoms with E-state index in [9.17, 15) is 0 Å². The third kappa shape index (κ3) is 3.44. The van der Waals surface area contributed by atoms with Crippen LogP contribution in [-0.2, 0) is 0 Å². The molecule has 1 aliphatic rings. The van der Waals surface area contributed by atoms with E-state index >= 15 is 0 Å². The second kappa shape index (κ2) is 6.76. The number of hydrogen-bond donors (Lipinski definition) is 1. The minimum Gasteiger partial charge on any atom is -0.313 e. The van der Waals surface area contributed by atoms with Crippen LogP contribution in [0.15, 0.2) is 24.3 Å². The first-order valence-electron chi connectivity index (χ1n) is 8.30. The molecule has 20 heavy (non-hydrogen) atoms. The van der Waals surface area contributed by atoms with Crippen molar-refractivity contribution in [1.82, 2.24) is 5.32 Å². The molecular formula is C19H31N. The molecule has 1 aromatic rings. The van der Waals surface area contributed by atoms with E-state index in [1.54, 1.807) is 0 Å². The summed E-state index contributed by atoms with van der Waals surface area (Å²) >= 11 is 0. The Balaban J connectivity index is 2.11. The highest BCUT2D eigenvalue weighted by Crippen LogP contribution is 2.39. The van der Waals surface area contributed by atoms with Crippen LogP contribution in [0.25, 0.3) is 0 Å². The molecule has 4 atom stereocenters. The van der Waals surface area contributed by atoms with Crippen molar-refractivity contribution in [1.29, 1.82) is 0 Å². The molecule has 112 valence electrons. The van der Waals surface area contributed by atoms with Gasteiger partial charge in [0.05, 0.1) is 0 Å².